The molecule has 0 saturated heterocycles. The normalized spacial score (nSPS) is 11.0. The molecule has 0 spiro atoms. The smallest absolute Gasteiger partial charge is 0.253 e. The summed E-state index contributed by atoms with van der Waals surface area (Å²) in [5.74, 6) is 11.9. The summed E-state index contributed by atoms with van der Waals surface area (Å²) in [5, 5.41) is 10.0. The molecule has 0 aliphatic carbocycles. The van der Waals surface area contributed by atoms with Gasteiger partial charge < -0.3 is 10.0 Å². The van der Waals surface area contributed by atoms with Gasteiger partial charge in [-0.1, -0.05) is 38.2 Å². The van der Waals surface area contributed by atoms with E-state index in [1.165, 1.54) is 0 Å². The SMILES string of the molecule is CC#CCCCCCC(O)C#Cc1cccc(C(=O)N(CCC)CCC)c1. The van der Waals surface area contributed by atoms with E-state index in [9.17, 15) is 9.90 Å². The maximum Gasteiger partial charge on any atom is 0.253 e. The zero-order chi connectivity index (χ0) is 19.9. The third-order valence-corrected chi connectivity index (χ3v) is 4.22. The molecule has 0 aliphatic rings. The second-order valence-corrected chi connectivity index (χ2v) is 6.68. The maximum absolute atomic E-state index is 12.7. The molecule has 0 aliphatic heterocycles. The number of carbonyl (C=O) groups is 1. The monoisotopic (exact) mass is 367 g/mol. The summed E-state index contributed by atoms with van der Waals surface area (Å²) in [5.41, 5.74) is 1.43. The quantitative estimate of drug-likeness (QED) is 0.484. The van der Waals surface area contributed by atoms with Gasteiger partial charge in [0.15, 0.2) is 0 Å². The van der Waals surface area contributed by atoms with Crippen LogP contribution in [0.15, 0.2) is 24.3 Å². The van der Waals surface area contributed by atoms with E-state index < -0.39 is 6.10 Å². The van der Waals surface area contributed by atoms with Crippen molar-refractivity contribution in [1.82, 2.24) is 4.90 Å². The van der Waals surface area contributed by atoms with Gasteiger partial charge in [-0.15, -0.1) is 11.8 Å². The Morgan fingerprint density at radius 1 is 1.15 bits per heavy atom. The average Bonchev–Trinajstić information content (AvgIpc) is 2.68. The van der Waals surface area contributed by atoms with E-state index in [0.29, 0.717) is 12.0 Å². The summed E-state index contributed by atoms with van der Waals surface area (Å²) < 4.78 is 0. The molecule has 3 heteroatoms. The molecule has 1 atom stereocenters. The fraction of sp³-hybridized carbons (Fsp3) is 0.542. The number of carbonyl (C=O) groups excluding carboxylic acids is 1. The van der Waals surface area contributed by atoms with Crippen LogP contribution < -0.4 is 0 Å². The summed E-state index contributed by atoms with van der Waals surface area (Å²) in [4.78, 5) is 14.6. The van der Waals surface area contributed by atoms with Gasteiger partial charge in [-0.2, -0.15) is 0 Å². The average molecular weight is 368 g/mol. The highest BCUT2D eigenvalue weighted by molar-refractivity contribution is 5.94. The third kappa shape index (κ3) is 9.32. The lowest BCUT2D eigenvalue weighted by molar-refractivity contribution is 0.0755. The first kappa shape index (κ1) is 22.8. The molecule has 1 aromatic carbocycles. The highest BCUT2D eigenvalue weighted by atomic mass is 16.3. The summed E-state index contributed by atoms with van der Waals surface area (Å²) in [6.45, 7) is 7.55. The number of nitrogens with zero attached hydrogens (tertiary/aromatic N) is 1. The van der Waals surface area contributed by atoms with Crippen LogP contribution >= 0.6 is 0 Å². The van der Waals surface area contributed by atoms with Gasteiger partial charge >= 0.3 is 0 Å². The maximum atomic E-state index is 12.7. The lowest BCUT2D eigenvalue weighted by atomic mass is 10.1. The van der Waals surface area contributed by atoms with Crippen molar-refractivity contribution in [2.24, 2.45) is 0 Å². The van der Waals surface area contributed by atoms with E-state index in [1.54, 1.807) is 0 Å². The predicted molar refractivity (Wildman–Crippen MR) is 112 cm³/mol. The van der Waals surface area contributed by atoms with Crippen molar-refractivity contribution in [2.75, 3.05) is 13.1 Å². The van der Waals surface area contributed by atoms with Gasteiger partial charge in [0.25, 0.3) is 5.91 Å². The second-order valence-electron chi connectivity index (χ2n) is 6.68. The van der Waals surface area contributed by atoms with E-state index in [0.717, 1.165) is 57.2 Å². The third-order valence-electron chi connectivity index (χ3n) is 4.22. The van der Waals surface area contributed by atoms with Crippen molar-refractivity contribution in [3.05, 3.63) is 35.4 Å². The molecule has 27 heavy (non-hydrogen) atoms. The van der Waals surface area contributed by atoms with E-state index in [1.807, 2.05) is 36.1 Å². The van der Waals surface area contributed by atoms with Crippen molar-refractivity contribution in [3.63, 3.8) is 0 Å². The van der Waals surface area contributed by atoms with Crippen molar-refractivity contribution >= 4 is 5.91 Å². The van der Waals surface area contributed by atoms with Gasteiger partial charge in [0, 0.05) is 30.6 Å². The molecule has 0 saturated carbocycles. The largest absolute Gasteiger partial charge is 0.380 e. The Labute approximate surface area is 165 Å². The van der Waals surface area contributed by atoms with Gasteiger partial charge in [-0.25, -0.2) is 0 Å². The number of aliphatic hydroxyl groups excluding tert-OH is 1. The minimum atomic E-state index is -0.627. The van der Waals surface area contributed by atoms with E-state index in [-0.39, 0.29) is 5.91 Å². The number of unbranched alkanes of at least 4 members (excludes halogenated alkanes) is 3. The molecule has 0 bridgehead atoms. The molecule has 0 radical (unpaired) electrons. The zero-order valence-corrected chi connectivity index (χ0v) is 17.1. The van der Waals surface area contributed by atoms with Gasteiger partial charge in [0.05, 0.1) is 0 Å². The van der Waals surface area contributed by atoms with E-state index >= 15 is 0 Å². The first-order valence-electron chi connectivity index (χ1n) is 10.1. The number of amides is 1. The number of benzene rings is 1. The fourth-order valence-corrected chi connectivity index (χ4v) is 2.86. The molecule has 1 N–H and O–H groups in total. The van der Waals surface area contributed by atoms with Crippen molar-refractivity contribution in [3.8, 4) is 23.7 Å². The van der Waals surface area contributed by atoms with E-state index in [4.69, 9.17) is 0 Å². The van der Waals surface area contributed by atoms with Gasteiger partial charge in [0.1, 0.15) is 6.10 Å². The first-order chi connectivity index (χ1) is 13.1. The van der Waals surface area contributed by atoms with Gasteiger partial charge in [-0.05, 0) is 57.2 Å². The van der Waals surface area contributed by atoms with Crippen LogP contribution in [0.5, 0.6) is 0 Å². The molecule has 0 heterocycles. The number of hydrogen-bond acceptors (Lipinski definition) is 2. The van der Waals surface area contributed by atoms with Gasteiger partial charge in [-0.3, -0.25) is 4.79 Å². The van der Waals surface area contributed by atoms with Crippen LogP contribution in [-0.4, -0.2) is 35.1 Å². The highest BCUT2D eigenvalue weighted by Crippen LogP contribution is 2.10. The van der Waals surface area contributed by atoms with Crippen LogP contribution in [0.4, 0.5) is 0 Å². The van der Waals surface area contributed by atoms with Crippen LogP contribution in [0.25, 0.3) is 0 Å². The fourth-order valence-electron chi connectivity index (χ4n) is 2.86. The molecular formula is C24H33NO2. The summed E-state index contributed by atoms with van der Waals surface area (Å²) in [6, 6.07) is 7.39. The molecule has 1 amide bonds. The molecule has 3 nitrogen and oxygen atoms in total. The molecule has 0 aromatic heterocycles. The minimum Gasteiger partial charge on any atom is -0.380 e. The topological polar surface area (TPSA) is 40.5 Å². The summed E-state index contributed by atoms with van der Waals surface area (Å²) >= 11 is 0. The molecule has 1 unspecified atom stereocenters. The Kier molecular flexibility index (Phi) is 11.7. The number of aliphatic hydroxyl groups is 1. The summed E-state index contributed by atoms with van der Waals surface area (Å²) in [6.07, 6.45) is 5.93. The first-order valence-corrected chi connectivity index (χ1v) is 10.1. The molecule has 146 valence electrons. The van der Waals surface area contributed by atoms with Crippen molar-refractivity contribution in [2.45, 2.75) is 71.8 Å². The lowest BCUT2D eigenvalue weighted by Crippen LogP contribution is -2.32. The molecular weight excluding hydrogens is 334 g/mol. The summed E-state index contributed by atoms with van der Waals surface area (Å²) in [7, 11) is 0. The van der Waals surface area contributed by atoms with Crippen LogP contribution in [-0.2, 0) is 0 Å². The lowest BCUT2D eigenvalue weighted by Gasteiger charge is -2.21. The highest BCUT2D eigenvalue weighted by Gasteiger charge is 2.14. The second kappa shape index (κ2) is 13.9. The van der Waals surface area contributed by atoms with Crippen molar-refractivity contribution < 1.29 is 9.90 Å². The Balaban J connectivity index is 2.62. The van der Waals surface area contributed by atoms with Crippen molar-refractivity contribution in [1.29, 1.82) is 0 Å². The molecule has 1 aromatic rings. The van der Waals surface area contributed by atoms with Gasteiger partial charge in [0.2, 0.25) is 0 Å². The van der Waals surface area contributed by atoms with Crippen LogP contribution in [0.2, 0.25) is 0 Å². The molecule has 1 rings (SSSR count). The van der Waals surface area contributed by atoms with E-state index in [2.05, 4.69) is 37.5 Å². The predicted octanol–water partition coefficient (Wildman–Crippen LogP) is 4.64. The molecule has 0 fully saturated rings. The Hall–Kier alpha value is -2.23. The Bertz CT molecular complexity index is 682. The number of rotatable bonds is 10. The number of hydrogen-bond donors (Lipinski definition) is 1. The Morgan fingerprint density at radius 2 is 1.89 bits per heavy atom. The van der Waals surface area contributed by atoms with Crippen LogP contribution in [0.3, 0.4) is 0 Å². The van der Waals surface area contributed by atoms with Crippen LogP contribution in [0.1, 0.15) is 81.6 Å². The minimum absolute atomic E-state index is 0.0538. The van der Waals surface area contributed by atoms with Crippen LogP contribution in [0, 0.1) is 23.7 Å². The zero-order valence-electron chi connectivity index (χ0n) is 17.1. The standard InChI is InChI=1S/C24H33NO2/c1-4-7-8-9-10-11-15-23(26)17-16-21-13-12-14-22(20-21)24(27)25(18-5-2)19-6-3/h12-14,20,23,26H,5-6,8-11,15,18-19H2,1-3H3. The Morgan fingerprint density at radius 3 is 2.56 bits per heavy atom.